The Hall–Kier alpha value is -3.30. The minimum atomic E-state index is -0.307. The number of nitrogens with one attached hydrogen (secondary N) is 2. The largest absolute Gasteiger partial charge is 0.462 e. The summed E-state index contributed by atoms with van der Waals surface area (Å²) in [7, 11) is 0. The molecule has 0 unspecified atom stereocenters. The fourth-order valence-corrected chi connectivity index (χ4v) is 4.22. The second-order valence-electron chi connectivity index (χ2n) is 6.44. The molecule has 4 aromatic rings. The Labute approximate surface area is 180 Å². The van der Waals surface area contributed by atoms with Crippen LogP contribution in [0, 0.1) is 0 Å². The molecule has 0 saturated carbocycles. The number of benzene rings is 1. The second-order valence-corrected chi connectivity index (χ2v) is 8.15. The van der Waals surface area contributed by atoms with Crippen molar-refractivity contribution in [2.45, 2.75) is 13.3 Å². The van der Waals surface area contributed by atoms with E-state index in [4.69, 9.17) is 4.42 Å². The molecule has 0 aliphatic carbocycles. The first-order chi connectivity index (χ1) is 14.6. The summed E-state index contributed by atoms with van der Waals surface area (Å²) in [6.45, 7) is 2.12. The van der Waals surface area contributed by atoms with Crippen LogP contribution in [0.2, 0.25) is 0 Å². The number of aromatic nitrogens is 2. The van der Waals surface area contributed by atoms with Gasteiger partial charge in [0.05, 0.1) is 12.0 Å². The standard InChI is InChI=1S/C21H18N4O3S2/c1-13(26)22-9-8-14-4-6-15(7-5-14)16-11-30-21(24-16)25-19(27)17-12-29-20(23-17)18-3-2-10-28-18/h2-7,10-12H,8-9H2,1H3,(H,22,26)(H,24,25,27). The third-order valence-electron chi connectivity index (χ3n) is 4.23. The van der Waals surface area contributed by atoms with E-state index in [1.54, 1.807) is 23.8 Å². The molecule has 0 fully saturated rings. The topological polar surface area (TPSA) is 97.1 Å². The fraction of sp³-hybridized carbons (Fsp3) is 0.143. The van der Waals surface area contributed by atoms with Crippen molar-refractivity contribution in [1.82, 2.24) is 15.3 Å². The van der Waals surface area contributed by atoms with Crippen molar-refractivity contribution in [3.8, 4) is 22.0 Å². The molecule has 1 aromatic carbocycles. The maximum Gasteiger partial charge on any atom is 0.276 e. The molecule has 9 heteroatoms. The average Bonchev–Trinajstić information content (AvgIpc) is 3.49. The molecule has 7 nitrogen and oxygen atoms in total. The number of carbonyl (C=O) groups excluding carboxylic acids is 2. The van der Waals surface area contributed by atoms with Crippen LogP contribution in [0.25, 0.3) is 22.0 Å². The van der Waals surface area contributed by atoms with Gasteiger partial charge in [0.2, 0.25) is 5.91 Å². The van der Waals surface area contributed by atoms with Crippen LogP contribution in [0.15, 0.2) is 57.8 Å². The first-order valence-corrected chi connectivity index (χ1v) is 10.9. The molecule has 0 atom stereocenters. The van der Waals surface area contributed by atoms with Crippen LogP contribution < -0.4 is 10.6 Å². The number of rotatable bonds is 7. The Morgan fingerprint density at radius 1 is 1.07 bits per heavy atom. The molecular formula is C21H18N4O3S2. The van der Waals surface area contributed by atoms with E-state index in [9.17, 15) is 9.59 Å². The molecular weight excluding hydrogens is 420 g/mol. The highest BCUT2D eigenvalue weighted by atomic mass is 32.1. The van der Waals surface area contributed by atoms with Gasteiger partial charge in [-0.3, -0.25) is 14.9 Å². The van der Waals surface area contributed by atoms with Gasteiger partial charge in [-0.25, -0.2) is 9.97 Å². The van der Waals surface area contributed by atoms with Crippen molar-refractivity contribution >= 4 is 39.6 Å². The second kappa shape index (κ2) is 9.02. The molecule has 2 amide bonds. The zero-order valence-corrected chi connectivity index (χ0v) is 17.7. The lowest BCUT2D eigenvalue weighted by molar-refractivity contribution is -0.118. The minimum absolute atomic E-state index is 0.0292. The smallest absolute Gasteiger partial charge is 0.276 e. The van der Waals surface area contributed by atoms with Gasteiger partial charge in [0.15, 0.2) is 15.9 Å². The van der Waals surface area contributed by atoms with E-state index in [0.717, 1.165) is 23.2 Å². The molecule has 0 bridgehead atoms. The quantitative estimate of drug-likeness (QED) is 0.444. The van der Waals surface area contributed by atoms with E-state index in [2.05, 4.69) is 20.6 Å². The Morgan fingerprint density at radius 2 is 1.90 bits per heavy atom. The summed E-state index contributed by atoms with van der Waals surface area (Å²) in [5.41, 5.74) is 3.21. The monoisotopic (exact) mass is 438 g/mol. The first kappa shape index (κ1) is 20.0. The van der Waals surface area contributed by atoms with Crippen molar-refractivity contribution in [1.29, 1.82) is 0 Å². The Balaban J connectivity index is 1.38. The van der Waals surface area contributed by atoms with Crippen LogP contribution in [0.3, 0.4) is 0 Å². The van der Waals surface area contributed by atoms with Crippen LogP contribution in [0.5, 0.6) is 0 Å². The number of anilines is 1. The summed E-state index contributed by atoms with van der Waals surface area (Å²) in [4.78, 5) is 32.2. The van der Waals surface area contributed by atoms with Crippen molar-refractivity contribution in [3.63, 3.8) is 0 Å². The van der Waals surface area contributed by atoms with Crippen LogP contribution in [-0.4, -0.2) is 28.3 Å². The third-order valence-corrected chi connectivity index (χ3v) is 5.85. The van der Waals surface area contributed by atoms with E-state index in [1.165, 1.54) is 29.6 Å². The molecule has 3 aromatic heterocycles. The number of thiazole rings is 2. The summed E-state index contributed by atoms with van der Waals surface area (Å²) in [6.07, 6.45) is 2.34. The molecule has 152 valence electrons. The van der Waals surface area contributed by atoms with Crippen LogP contribution in [-0.2, 0) is 11.2 Å². The van der Waals surface area contributed by atoms with E-state index in [-0.39, 0.29) is 11.8 Å². The minimum Gasteiger partial charge on any atom is -0.462 e. The van der Waals surface area contributed by atoms with Crippen LogP contribution in [0.1, 0.15) is 23.0 Å². The van der Waals surface area contributed by atoms with Gasteiger partial charge in [0.25, 0.3) is 5.91 Å². The molecule has 4 rings (SSSR count). The number of amides is 2. The van der Waals surface area contributed by atoms with Gasteiger partial charge in [0.1, 0.15) is 5.69 Å². The molecule has 0 aliphatic rings. The zero-order chi connectivity index (χ0) is 20.9. The summed E-state index contributed by atoms with van der Waals surface area (Å²) in [6, 6.07) is 11.6. The van der Waals surface area contributed by atoms with Gasteiger partial charge >= 0.3 is 0 Å². The SMILES string of the molecule is CC(=O)NCCc1ccc(-c2csc(NC(=O)c3csc(-c4ccco4)n3)n2)cc1. The lowest BCUT2D eigenvalue weighted by atomic mass is 10.1. The van der Waals surface area contributed by atoms with Crippen molar-refractivity contribution < 1.29 is 14.0 Å². The number of nitrogens with zero attached hydrogens (tertiary/aromatic N) is 2. The fourth-order valence-electron chi connectivity index (χ4n) is 2.74. The van der Waals surface area contributed by atoms with Gasteiger partial charge < -0.3 is 9.73 Å². The van der Waals surface area contributed by atoms with Crippen LogP contribution in [0.4, 0.5) is 5.13 Å². The molecule has 3 heterocycles. The third kappa shape index (κ3) is 4.81. The van der Waals surface area contributed by atoms with E-state index < -0.39 is 0 Å². The molecule has 2 N–H and O–H groups in total. The number of hydrogen-bond donors (Lipinski definition) is 2. The van der Waals surface area contributed by atoms with Gasteiger partial charge in [-0.15, -0.1) is 22.7 Å². The Morgan fingerprint density at radius 3 is 2.63 bits per heavy atom. The highest BCUT2D eigenvalue weighted by Gasteiger charge is 2.15. The number of furan rings is 1. The highest BCUT2D eigenvalue weighted by molar-refractivity contribution is 7.14. The highest BCUT2D eigenvalue weighted by Crippen LogP contribution is 2.27. The van der Waals surface area contributed by atoms with E-state index >= 15 is 0 Å². The van der Waals surface area contributed by atoms with E-state index in [0.29, 0.717) is 28.1 Å². The molecule has 0 saturated heterocycles. The maximum absolute atomic E-state index is 12.5. The Kier molecular flexibility index (Phi) is 6.01. The number of carbonyl (C=O) groups is 2. The van der Waals surface area contributed by atoms with Gasteiger partial charge in [-0.2, -0.15) is 0 Å². The lowest BCUT2D eigenvalue weighted by Crippen LogP contribution is -2.22. The maximum atomic E-state index is 12.5. The van der Waals surface area contributed by atoms with Crippen molar-refractivity contribution in [2.24, 2.45) is 0 Å². The predicted octanol–water partition coefficient (Wildman–Crippen LogP) is 4.46. The predicted molar refractivity (Wildman–Crippen MR) is 118 cm³/mol. The molecule has 0 aliphatic heterocycles. The van der Waals surface area contributed by atoms with Crippen molar-refractivity contribution in [3.05, 3.63) is 64.7 Å². The normalized spacial score (nSPS) is 10.7. The van der Waals surface area contributed by atoms with Crippen molar-refractivity contribution in [2.75, 3.05) is 11.9 Å². The van der Waals surface area contributed by atoms with Crippen LogP contribution >= 0.6 is 22.7 Å². The number of hydrogen-bond acceptors (Lipinski definition) is 7. The van der Waals surface area contributed by atoms with Gasteiger partial charge in [0, 0.05) is 29.8 Å². The van der Waals surface area contributed by atoms with Gasteiger partial charge in [-0.1, -0.05) is 24.3 Å². The Bertz CT molecular complexity index is 1150. The van der Waals surface area contributed by atoms with Gasteiger partial charge in [-0.05, 0) is 24.1 Å². The zero-order valence-electron chi connectivity index (χ0n) is 16.0. The summed E-state index contributed by atoms with van der Waals surface area (Å²) in [5, 5.41) is 10.3. The molecule has 30 heavy (non-hydrogen) atoms. The summed E-state index contributed by atoms with van der Waals surface area (Å²) in [5.74, 6) is 0.299. The first-order valence-electron chi connectivity index (χ1n) is 9.18. The lowest BCUT2D eigenvalue weighted by Gasteiger charge is -2.03. The summed E-state index contributed by atoms with van der Waals surface area (Å²) >= 11 is 2.71. The average molecular weight is 439 g/mol. The molecule has 0 spiro atoms. The summed E-state index contributed by atoms with van der Waals surface area (Å²) < 4.78 is 5.31. The molecule has 0 radical (unpaired) electrons. The van der Waals surface area contributed by atoms with E-state index in [1.807, 2.05) is 29.6 Å².